The minimum absolute atomic E-state index is 0.241. The Labute approximate surface area is 105 Å². The number of hydrogen-bond donors (Lipinski definition) is 2. The fourth-order valence-electron chi connectivity index (χ4n) is 2.76. The third-order valence-corrected chi connectivity index (χ3v) is 4.04. The van der Waals surface area contributed by atoms with Crippen molar-refractivity contribution in [3.8, 4) is 0 Å². The maximum Gasteiger partial charge on any atom is 0.230 e. The first-order chi connectivity index (χ1) is 7.99. The van der Waals surface area contributed by atoms with E-state index in [2.05, 4.69) is 33.0 Å². The molecule has 100 valence electrons. The van der Waals surface area contributed by atoms with E-state index in [1.54, 1.807) is 0 Å². The molecule has 1 heterocycles. The molecule has 1 aliphatic heterocycles. The molecule has 3 N–H and O–H groups in total. The highest BCUT2D eigenvalue weighted by Crippen LogP contribution is 2.28. The molecule has 1 saturated heterocycles. The van der Waals surface area contributed by atoms with Crippen LogP contribution < -0.4 is 11.1 Å². The molecule has 4 heteroatoms. The van der Waals surface area contributed by atoms with E-state index in [0.717, 1.165) is 25.9 Å². The first-order valence-electron chi connectivity index (χ1n) is 6.74. The van der Waals surface area contributed by atoms with Crippen LogP contribution in [0.15, 0.2) is 0 Å². The molecule has 2 atom stereocenters. The van der Waals surface area contributed by atoms with Gasteiger partial charge in [0.25, 0.3) is 0 Å². The summed E-state index contributed by atoms with van der Waals surface area (Å²) in [7, 11) is 0. The van der Waals surface area contributed by atoms with Crippen LogP contribution >= 0.6 is 0 Å². The summed E-state index contributed by atoms with van der Waals surface area (Å²) in [5, 5.41) is 3.44. The SMILES string of the molecule is CCC(CC)(CN)C(=O)N1CC(C)NC(C)C1. The molecular weight excluding hydrogens is 214 g/mol. The second-order valence-electron chi connectivity index (χ2n) is 5.37. The van der Waals surface area contributed by atoms with E-state index in [9.17, 15) is 4.79 Å². The van der Waals surface area contributed by atoms with Crippen molar-refractivity contribution in [1.82, 2.24) is 10.2 Å². The molecule has 1 fully saturated rings. The number of piperazine rings is 1. The summed E-state index contributed by atoms with van der Waals surface area (Å²) in [6.45, 7) is 10.4. The largest absolute Gasteiger partial charge is 0.339 e. The molecule has 1 aliphatic rings. The lowest BCUT2D eigenvalue weighted by Crippen LogP contribution is -2.59. The van der Waals surface area contributed by atoms with Crippen LogP contribution in [0.25, 0.3) is 0 Å². The molecule has 4 nitrogen and oxygen atoms in total. The molecule has 1 amide bonds. The highest BCUT2D eigenvalue weighted by molar-refractivity contribution is 5.83. The number of hydrogen-bond acceptors (Lipinski definition) is 3. The fourth-order valence-corrected chi connectivity index (χ4v) is 2.76. The molecule has 0 aromatic heterocycles. The minimum atomic E-state index is -0.350. The summed E-state index contributed by atoms with van der Waals surface area (Å²) in [4.78, 5) is 14.6. The van der Waals surface area contributed by atoms with Gasteiger partial charge in [-0.25, -0.2) is 0 Å². The molecular formula is C13H27N3O. The van der Waals surface area contributed by atoms with Crippen molar-refractivity contribution in [3.63, 3.8) is 0 Å². The Morgan fingerprint density at radius 3 is 2.12 bits per heavy atom. The third kappa shape index (κ3) is 2.99. The number of carbonyl (C=O) groups is 1. The van der Waals surface area contributed by atoms with E-state index in [-0.39, 0.29) is 11.3 Å². The molecule has 0 saturated carbocycles. The zero-order valence-electron chi connectivity index (χ0n) is 11.6. The van der Waals surface area contributed by atoms with Gasteiger partial charge in [-0.3, -0.25) is 4.79 Å². The van der Waals surface area contributed by atoms with E-state index in [1.165, 1.54) is 0 Å². The highest BCUT2D eigenvalue weighted by Gasteiger charge is 2.38. The normalized spacial score (nSPS) is 26.1. The first-order valence-corrected chi connectivity index (χ1v) is 6.74. The second kappa shape index (κ2) is 5.83. The van der Waals surface area contributed by atoms with Crippen LogP contribution in [0, 0.1) is 5.41 Å². The Morgan fingerprint density at radius 1 is 1.29 bits per heavy atom. The molecule has 0 aliphatic carbocycles. The zero-order chi connectivity index (χ0) is 13.1. The zero-order valence-corrected chi connectivity index (χ0v) is 11.6. The van der Waals surface area contributed by atoms with E-state index in [1.807, 2.05) is 4.90 Å². The van der Waals surface area contributed by atoms with Crippen LogP contribution in [-0.4, -0.2) is 42.5 Å². The van der Waals surface area contributed by atoms with E-state index < -0.39 is 0 Å². The molecule has 2 unspecified atom stereocenters. The average Bonchev–Trinajstić information content (AvgIpc) is 2.30. The maximum absolute atomic E-state index is 12.6. The van der Waals surface area contributed by atoms with Crippen molar-refractivity contribution >= 4 is 5.91 Å². The van der Waals surface area contributed by atoms with Gasteiger partial charge in [-0.1, -0.05) is 13.8 Å². The molecule has 17 heavy (non-hydrogen) atoms. The van der Waals surface area contributed by atoms with Crippen LogP contribution in [0.1, 0.15) is 40.5 Å². The number of amides is 1. The van der Waals surface area contributed by atoms with Gasteiger partial charge in [-0.15, -0.1) is 0 Å². The number of nitrogens with one attached hydrogen (secondary N) is 1. The summed E-state index contributed by atoms with van der Waals surface area (Å²) in [6.07, 6.45) is 1.65. The molecule has 1 rings (SSSR count). The van der Waals surface area contributed by atoms with Crippen molar-refractivity contribution in [3.05, 3.63) is 0 Å². The average molecular weight is 241 g/mol. The van der Waals surface area contributed by atoms with Crippen LogP contribution in [-0.2, 0) is 4.79 Å². The maximum atomic E-state index is 12.6. The predicted molar refractivity (Wildman–Crippen MR) is 70.7 cm³/mol. The highest BCUT2D eigenvalue weighted by atomic mass is 16.2. The van der Waals surface area contributed by atoms with Crippen molar-refractivity contribution in [2.45, 2.75) is 52.6 Å². The van der Waals surface area contributed by atoms with Gasteiger partial charge in [-0.2, -0.15) is 0 Å². The quantitative estimate of drug-likeness (QED) is 0.771. The monoisotopic (exact) mass is 241 g/mol. The van der Waals surface area contributed by atoms with Gasteiger partial charge in [0.2, 0.25) is 5.91 Å². The lowest BCUT2D eigenvalue weighted by atomic mass is 9.80. The summed E-state index contributed by atoms with van der Waals surface area (Å²) < 4.78 is 0. The van der Waals surface area contributed by atoms with Gasteiger partial charge in [-0.05, 0) is 26.7 Å². The fraction of sp³-hybridized carbons (Fsp3) is 0.923. The van der Waals surface area contributed by atoms with Gasteiger partial charge in [0.05, 0.1) is 5.41 Å². The molecule has 0 radical (unpaired) electrons. The Bertz CT molecular complexity index is 245. The van der Waals surface area contributed by atoms with Crippen molar-refractivity contribution in [2.24, 2.45) is 11.1 Å². The first kappa shape index (κ1) is 14.5. The Kier molecular flexibility index (Phi) is 4.95. The molecule has 0 bridgehead atoms. The Morgan fingerprint density at radius 2 is 1.76 bits per heavy atom. The Hall–Kier alpha value is -0.610. The van der Waals surface area contributed by atoms with Crippen molar-refractivity contribution in [2.75, 3.05) is 19.6 Å². The van der Waals surface area contributed by atoms with Gasteiger partial charge in [0, 0.05) is 31.7 Å². The van der Waals surface area contributed by atoms with Gasteiger partial charge in [0.1, 0.15) is 0 Å². The third-order valence-electron chi connectivity index (χ3n) is 4.04. The van der Waals surface area contributed by atoms with Crippen LogP contribution in [0.5, 0.6) is 0 Å². The lowest BCUT2D eigenvalue weighted by Gasteiger charge is -2.41. The summed E-state index contributed by atoms with van der Waals surface area (Å²) in [5.74, 6) is 0.241. The summed E-state index contributed by atoms with van der Waals surface area (Å²) >= 11 is 0. The second-order valence-corrected chi connectivity index (χ2v) is 5.37. The van der Waals surface area contributed by atoms with Crippen LogP contribution in [0.2, 0.25) is 0 Å². The minimum Gasteiger partial charge on any atom is -0.339 e. The smallest absolute Gasteiger partial charge is 0.230 e. The number of nitrogens with two attached hydrogens (primary N) is 1. The van der Waals surface area contributed by atoms with Crippen LogP contribution in [0.3, 0.4) is 0 Å². The van der Waals surface area contributed by atoms with Gasteiger partial charge < -0.3 is 16.0 Å². The summed E-state index contributed by atoms with van der Waals surface area (Å²) in [6, 6.07) is 0.735. The van der Waals surface area contributed by atoms with E-state index >= 15 is 0 Å². The summed E-state index contributed by atoms with van der Waals surface area (Å²) in [5.41, 5.74) is 5.49. The number of nitrogens with zero attached hydrogens (tertiary/aromatic N) is 1. The van der Waals surface area contributed by atoms with E-state index in [4.69, 9.17) is 5.73 Å². The standard InChI is InChI=1S/C13H27N3O/c1-5-13(6-2,9-14)12(17)16-7-10(3)15-11(4)8-16/h10-11,15H,5-9,14H2,1-4H3. The van der Waals surface area contributed by atoms with Gasteiger partial charge in [0.15, 0.2) is 0 Å². The van der Waals surface area contributed by atoms with Crippen LogP contribution in [0.4, 0.5) is 0 Å². The number of carbonyl (C=O) groups excluding carboxylic acids is 1. The number of rotatable bonds is 4. The topological polar surface area (TPSA) is 58.4 Å². The lowest BCUT2D eigenvalue weighted by molar-refractivity contribution is -0.144. The van der Waals surface area contributed by atoms with Crippen molar-refractivity contribution in [1.29, 1.82) is 0 Å². The Balaban J connectivity index is 2.80. The molecule has 0 aromatic carbocycles. The van der Waals surface area contributed by atoms with E-state index in [0.29, 0.717) is 18.6 Å². The van der Waals surface area contributed by atoms with Crippen molar-refractivity contribution < 1.29 is 4.79 Å². The molecule has 0 spiro atoms. The molecule has 0 aromatic rings. The van der Waals surface area contributed by atoms with Gasteiger partial charge >= 0.3 is 0 Å². The predicted octanol–water partition coefficient (Wildman–Crippen LogP) is 0.960.